The van der Waals surface area contributed by atoms with Gasteiger partial charge < -0.3 is 11.1 Å². The summed E-state index contributed by atoms with van der Waals surface area (Å²) in [6.07, 6.45) is 1.44. The second kappa shape index (κ2) is 5.77. The SMILES string of the molecule is Nc1cccc(Cl)c1C(=O)Nc1cnc(Cl)c(Br)c1. The van der Waals surface area contributed by atoms with Gasteiger partial charge in [-0.2, -0.15) is 0 Å². The number of carbonyl (C=O) groups excluding carboxylic acids is 1. The first-order valence-electron chi connectivity index (χ1n) is 5.15. The van der Waals surface area contributed by atoms with Crippen molar-refractivity contribution >= 4 is 56.4 Å². The minimum atomic E-state index is -0.404. The molecule has 0 atom stereocenters. The molecule has 19 heavy (non-hydrogen) atoms. The number of hydrogen-bond acceptors (Lipinski definition) is 3. The molecule has 98 valence electrons. The summed E-state index contributed by atoms with van der Waals surface area (Å²) in [5, 5.41) is 3.26. The van der Waals surface area contributed by atoms with Crippen molar-refractivity contribution in [3.63, 3.8) is 0 Å². The molecule has 4 nitrogen and oxygen atoms in total. The molecule has 0 saturated heterocycles. The number of amides is 1. The number of rotatable bonds is 2. The number of nitrogens with zero attached hydrogens (tertiary/aromatic N) is 1. The highest BCUT2D eigenvalue weighted by atomic mass is 79.9. The van der Waals surface area contributed by atoms with Crippen LogP contribution >= 0.6 is 39.1 Å². The van der Waals surface area contributed by atoms with Gasteiger partial charge in [-0.3, -0.25) is 4.79 Å². The fourth-order valence-corrected chi connectivity index (χ4v) is 2.18. The lowest BCUT2D eigenvalue weighted by atomic mass is 10.1. The van der Waals surface area contributed by atoms with Crippen LogP contribution in [0.25, 0.3) is 0 Å². The van der Waals surface area contributed by atoms with E-state index in [1.165, 1.54) is 6.20 Å². The molecule has 0 saturated carbocycles. The van der Waals surface area contributed by atoms with E-state index in [-0.39, 0.29) is 5.56 Å². The van der Waals surface area contributed by atoms with E-state index in [4.69, 9.17) is 28.9 Å². The van der Waals surface area contributed by atoms with Crippen molar-refractivity contribution < 1.29 is 4.79 Å². The summed E-state index contributed by atoms with van der Waals surface area (Å²) in [4.78, 5) is 16.0. The topological polar surface area (TPSA) is 68.0 Å². The lowest BCUT2D eigenvalue weighted by molar-refractivity contribution is 0.102. The number of pyridine rings is 1. The van der Waals surface area contributed by atoms with Crippen LogP contribution in [0.2, 0.25) is 10.2 Å². The molecule has 1 aromatic heterocycles. The van der Waals surface area contributed by atoms with Gasteiger partial charge in [0.1, 0.15) is 5.15 Å². The first-order valence-corrected chi connectivity index (χ1v) is 6.70. The summed E-state index contributed by atoms with van der Waals surface area (Å²) >= 11 is 15.0. The van der Waals surface area contributed by atoms with E-state index in [2.05, 4.69) is 26.2 Å². The van der Waals surface area contributed by atoms with E-state index in [9.17, 15) is 4.79 Å². The van der Waals surface area contributed by atoms with Crippen LogP contribution in [0.15, 0.2) is 34.9 Å². The second-order valence-corrected chi connectivity index (χ2v) is 5.27. The number of aromatic nitrogens is 1. The molecule has 3 N–H and O–H groups in total. The largest absolute Gasteiger partial charge is 0.398 e. The van der Waals surface area contributed by atoms with Crippen LogP contribution in [0.3, 0.4) is 0 Å². The number of carbonyl (C=O) groups is 1. The van der Waals surface area contributed by atoms with Gasteiger partial charge in [0.25, 0.3) is 5.91 Å². The van der Waals surface area contributed by atoms with Gasteiger partial charge in [-0.1, -0.05) is 29.3 Å². The van der Waals surface area contributed by atoms with Crippen molar-refractivity contribution in [3.05, 3.63) is 50.7 Å². The third-order valence-electron chi connectivity index (χ3n) is 2.33. The van der Waals surface area contributed by atoms with Crippen molar-refractivity contribution in [3.8, 4) is 0 Å². The first kappa shape index (κ1) is 14.1. The summed E-state index contributed by atoms with van der Waals surface area (Å²) < 4.78 is 0.582. The van der Waals surface area contributed by atoms with E-state index in [1.54, 1.807) is 24.3 Å². The standard InChI is InChI=1S/C12H8BrCl2N3O/c13-7-4-6(5-17-11(7)15)18-12(19)10-8(14)2-1-3-9(10)16/h1-5H,16H2,(H,18,19). The van der Waals surface area contributed by atoms with Crippen molar-refractivity contribution in [1.29, 1.82) is 0 Å². The van der Waals surface area contributed by atoms with Gasteiger partial charge in [-0.25, -0.2) is 4.98 Å². The number of benzene rings is 1. The van der Waals surface area contributed by atoms with Crippen LogP contribution in [0, 0.1) is 0 Å². The van der Waals surface area contributed by atoms with Gasteiger partial charge in [0, 0.05) is 5.69 Å². The molecule has 0 fully saturated rings. The van der Waals surface area contributed by atoms with Crippen molar-refractivity contribution in [2.24, 2.45) is 0 Å². The number of halogens is 3. The molecule has 0 unspecified atom stereocenters. The summed E-state index contributed by atoms with van der Waals surface area (Å²) in [6, 6.07) is 6.52. The number of nitrogens with two attached hydrogens (primary N) is 1. The molecular formula is C12H8BrCl2N3O. The zero-order valence-corrected chi connectivity index (χ0v) is 12.6. The van der Waals surface area contributed by atoms with Gasteiger partial charge in [0.15, 0.2) is 0 Å². The fourth-order valence-electron chi connectivity index (χ4n) is 1.46. The number of nitrogens with one attached hydrogen (secondary N) is 1. The summed E-state index contributed by atoms with van der Waals surface area (Å²) in [5.41, 5.74) is 6.77. The molecule has 2 aromatic rings. The van der Waals surface area contributed by atoms with Crippen molar-refractivity contribution in [1.82, 2.24) is 4.98 Å². The van der Waals surface area contributed by atoms with Gasteiger partial charge in [-0.05, 0) is 34.1 Å². The molecule has 0 aliphatic carbocycles. The number of nitrogen functional groups attached to an aromatic ring is 1. The lowest BCUT2D eigenvalue weighted by Gasteiger charge is -2.09. The smallest absolute Gasteiger partial charge is 0.259 e. The maximum absolute atomic E-state index is 12.1. The predicted octanol–water partition coefficient (Wildman–Crippen LogP) is 3.99. The van der Waals surface area contributed by atoms with Crippen LogP contribution in [-0.2, 0) is 0 Å². The van der Waals surface area contributed by atoms with Crippen LogP contribution in [0.4, 0.5) is 11.4 Å². The molecule has 0 radical (unpaired) electrons. The Morgan fingerprint density at radius 3 is 2.74 bits per heavy atom. The molecule has 1 heterocycles. The monoisotopic (exact) mass is 359 g/mol. The Balaban J connectivity index is 2.28. The quantitative estimate of drug-likeness (QED) is 0.628. The van der Waals surface area contributed by atoms with E-state index in [0.717, 1.165) is 0 Å². The molecule has 0 aliphatic heterocycles. The second-order valence-electron chi connectivity index (χ2n) is 3.65. The third kappa shape index (κ3) is 3.18. The Morgan fingerprint density at radius 2 is 2.11 bits per heavy atom. The predicted molar refractivity (Wildman–Crippen MR) is 80.8 cm³/mol. The Bertz CT molecular complexity index is 629. The van der Waals surface area contributed by atoms with Crippen LogP contribution in [0.5, 0.6) is 0 Å². The maximum atomic E-state index is 12.1. The fraction of sp³-hybridized carbons (Fsp3) is 0. The molecular weight excluding hydrogens is 353 g/mol. The van der Waals surface area contributed by atoms with E-state index in [1.807, 2.05) is 0 Å². The summed E-state index contributed by atoms with van der Waals surface area (Å²) in [5.74, 6) is -0.404. The van der Waals surface area contributed by atoms with Crippen molar-refractivity contribution in [2.45, 2.75) is 0 Å². The zero-order chi connectivity index (χ0) is 14.0. The molecule has 1 amide bonds. The maximum Gasteiger partial charge on any atom is 0.259 e. The van der Waals surface area contributed by atoms with E-state index < -0.39 is 5.91 Å². The minimum absolute atomic E-state index is 0.232. The van der Waals surface area contributed by atoms with Gasteiger partial charge in [0.05, 0.1) is 26.9 Å². The molecule has 0 bridgehead atoms. The van der Waals surface area contributed by atoms with Gasteiger partial charge in [-0.15, -0.1) is 0 Å². The molecule has 7 heteroatoms. The Hall–Kier alpha value is -1.30. The van der Waals surface area contributed by atoms with Gasteiger partial charge in [0.2, 0.25) is 0 Å². The summed E-state index contributed by atoms with van der Waals surface area (Å²) in [7, 11) is 0. The molecule has 0 aliphatic rings. The minimum Gasteiger partial charge on any atom is -0.398 e. The Kier molecular flexibility index (Phi) is 4.29. The Labute approximate surface area is 128 Å². The zero-order valence-electron chi connectivity index (χ0n) is 9.45. The van der Waals surface area contributed by atoms with Crippen LogP contribution in [-0.4, -0.2) is 10.9 Å². The van der Waals surface area contributed by atoms with Crippen LogP contribution < -0.4 is 11.1 Å². The summed E-state index contributed by atoms with van der Waals surface area (Å²) in [6.45, 7) is 0. The first-order chi connectivity index (χ1) is 8.99. The molecule has 2 rings (SSSR count). The molecule has 1 aromatic carbocycles. The highest BCUT2D eigenvalue weighted by Crippen LogP contribution is 2.25. The Morgan fingerprint density at radius 1 is 1.37 bits per heavy atom. The number of hydrogen-bond donors (Lipinski definition) is 2. The normalized spacial score (nSPS) is 10.3. The highest BCUT2D eigenvalue weighted by Gasteiger charge is 2.14. The average Bonchev–Trinajstić information content (AvgIpc) is 2.33. The molecule has 0 spiro atoms. The highest BCUT2D eigenvalue weighted by molar-refractivity contribution is 9.10. The average molecular weight is 361 g/mol. The van der Waals surface area contributed by atoms with Crippen molar-refractivity contribution in [2.75, 3.05) is 11.1 Å². The lowest BCUT2D eigenvalue weighted by Crippen LogP contribution is -2.14. The van der Waals surface area contributed by atoms with E-state index in [0.29, 0.717) is 26.0 Å². The van der Waals surface area contributed by atoms with Gasteiger partial charge >= 0.3 is 0 Å². The van der Waals surface area contributed by atoms with E-state index >= 15 is 0 Å². The van der Waals surface area contributed by atoms with Crippen LogP contribution in [0.1, 0.15) is 10.4 Å². The third-order valence-corrected chi connectivity index (χ3v) is 3.78. The number of anilines is 2.